The Morgan fingerprint density at radius 2 is 2.00 bits per heavy atom. The summed E-state index contributed by atoms with van der Waals surface area (Å²) in [7, 11) is 0. The molecule has 0 aromatic rings. The second-order valence-electron chi connectivity index (χ2n) is 2.08. The van der Waals surface area contributed by atoms with Gasteiger partial charge in [-0.05, 0) is 19.7 Å². The van der Waals surface area contributed by atoms with Crippen LogP contribution in [0, 0.1) is 12.3 Å². The Kier molecular flexibility index (Phi) is 0.561. The van der Waals surface area contributed by atoms with Gasteiger partial charge in [-0.25, -0.2) is 0 Å². The fraction of sp³-hybridized carbons (Fsp3) is 0.800. The van der Waals surface area contributed by atoms with E-state index < -0.39 is 18.5 Å². The van der Waals surface area contributed by atoms with Crippen LogP contribution in [0.15, 0.2) is 0 Å². The monoisotopic (exact) mass is 125 g/mol. The molecule has 1 aliphatic rings. The highest BCUT2D eigenvalue weighted by atomic mass is 19.4. The first kappa shape index (κ1) is 3.75. The highest BCUT2D eigenvalue weighted by Gasteiger charge is 2.59. The van der Waals surface area contributed by atoms with Gasteiger partial charge in [-0.1, -0.05) is 0 Å². The van der Waals surface area contributed by atoms with Crippen molar-refractivity contribution in [3.8, 4) is 0 Å². The largest absolute Gasteiger partial charge is 0.394 e. The lowest BCUT2D eigenvalue weighted by Crippen LogP contribution is -2.20. The van der Waals surface area contributed by atoms with Gasteiger partial charge in [0.15, 0.2) is 0 Å². The number of hydrogen-bond donors (Lipinski definition) is 0. The zero-order chi connectivity index (χ0) is 7.99. The van der Waals surface area contributed by atoms with Gasteiger partial charge in [-0.3, -0.25) is 0 Å². The van der Waals surface area contributed by atoms with Crippen LogP contribution < -0.4 is 0 Å². The Labute approximate surface area is 48.5 Å². The van der Waals surface area contributed by atoms with E-state index >= 15 is 0 Å². The van der Waals surface area contributed by atoms with Crippen LogP contribution in [0.3, 0.4) is 0 Å². The van der Waals surface area contributed by atoms with Crippen molar-refractivity contribution in [3.63, 3.8) is 0 Å². The molecule has 0 bridgehead atoms. The molecule has 1 radical (unpaired) electrons. The van der Waals surface area contributed by atoms with Crippen molar-refractivity contribution in [2.45, 2.75) is 19.0 Å². The predicted octanol–water partition coefficient (Wildman–Crippen LogP) is 2.16. The Bertz CT molecular complexity index is 136. The van der Waals surface area contributed by atoms with E-state index in [9.17, 15) is 13.2 Å². The molecule has 0 heterocycles. The van der Waals surface area contributed by atoms with Crippen molar-refractivity contribution in [1.29, 1.82) is 0 Å². The molecule has 1 rings (SSSR count). The number of alkyl halides is 3. The predicted molar refractivity (Wildman–Crippen MR) is 23.1 cm³/mol. The topological polar surface area (TPSA) is 0 Å². The Hall–Kier alpha value is -0.210. The minimum absolute atomic E-state index is 0.0845. The van der Waals surface area contributed by atoms with Gasteiger partial charge in [-0.2, -0.15) is 13.2 Å². The van der Waals surface area contributed by atoms with Crippen LogP contribution in [0.5, 0.6) is 0 Å². The zero-order valence-electron chi connectivity index (χ0n) is 6.05. The number of hydrogen-bond acceptors (Lipinski definition) is 0. The molecule has 1 fully saturated rings. The smallest absolute Gasteiger partial charge is 0.171 e. The first-order valence-corrected chi connectivity index (χ1v) is 2.27. The summed E-state index contributed by atoms with van der Waals surface area (Å²) in [6.07, 6.45) is -4.55. The summed E-state index contributed by atoms with van der Waals surface area (Å²) < 4.78 is 48.8. The molecule has 0 nitrogen and oxygen atoms in total. The van der Waals surface area contributed by atoms with Gasteiger partial charge < -0.3 is 0 Å². The maximum absolute atomic E-state index is 11.9. The molecule has 0 unspecified atom stereocenters. The Balaban J connectivity index is 2.70. The van der Waals surface area contributed by atoms with E-state index in [0.717, 1.165) is 0 Å². The zero-order valence-corrected chi connectivity index (χ0v) is 4.05. The number of halogens is 3. The molecule has 0 N–H and O–H groups in total. The minimum Gasteiger partial charge on any atom is -0.171 e. The molecule has 47 valence electrons. The van der Waals surface area contributed by atoms with E-state index in [0.29, 0.717) is 0 Å². The second-order valence-corrected chi connectivity index (χ2v) is 2.08. The normalized spacial score (nSPS) is 29.5. The molecule has 0 saturated heterocycles. The van der Waals surface area contributed by atoms with Crippen molar-refractivity contribution in [2.24, 2.45) is 5.41 Å². The lowest BCUT2D eigenvalue weighted by Gasteiger charge is -2.11. The van der Waals surface area contributed by atoms with Gasteiger partial charge in [0.25, 0.3) is 0 Å². The Morgan fingerprint density at radius 3 is 2.00 bits per heavy atom. The molecule has 0 atom stereocenters. The molecule has 3 heteroatoms. The lowest BCUT2D eigenvalue weighted by atomic mass is 10.1. The fourth-order valence-corrected chi connectivity index (χ4v) is 0.408. The summed E-state index contributed by atoms with van der Waals surface area (Å²) in [6, 6.07) is 0. The average Bonchev–Trinajstić information content (AvgIpc) is 2.36. The first-order valence-electron chi connectivity index (χ1n) is 3.27. The van der Waals surface area contributed by atoms with Crippen LogP contribution in [0.1, 0.15) is 15.6 Å². The molecule has 0 aliphatic heterocycles. The second kappa shape index (κ2) is 1.20. The van der Waals surface area contributed by atoms with E-state index in [4.69, 9.17) is 2.74 Å². The highest BCUT2D eigenvalue weighted by molar-refractivity contribution is 5.00. The first-order chi connectivity index (χ1) is 4.40. The van der Waals surface area contributed by atoms with E-state index in [1.807, 2.05) is 0 Å². The molecule has 0 spiro atoms. The highest BCUT2D eigenvalue weighted by Crippen LogP contribution is 2.56. The van der Waals surface area contributed by atoms with Crippen LogP contribution in [-0.4, -0.2) is 6.18 Å². The Morgan fingerprint density at radius 1 is 1.50 bits per heavy atom. The molecular formula is C5H6F3. The fourth-order valence-electron chi connectivity index (χ4n) is 0.408. The average molecular weight is 125 g/mol. The number of rotatable bonds is 1. The van der Waals surface area contributed by atoms with Crippen molar-refractivity contribution in [1.82, 2.24) is 0 Å². The molecule has 8 heavy (non-hydrogen) atoms. The third kappa shape index (κ3) is 0.699. The summed E-state index contributed by atoms with van der Waals surface area (Å²) in [5, 5.41) is 0. The molecule has 1 saturated carbocycles. The van der Waals surface area contributed by atoms with Gasteiger partial charge in [-0.15, -0.1) is 0 Å². The molecule has 0 amide bonds. The SMILES string of the molecule is [2H][C]([2H])C1(C(F)(F)F)CC1. The maximum Gasteiger partial charge on any atom is 0.394 e. The van der Waals surface area contributed by atoms with Crippen molar-refractivity contribution in [3.05, 3.63) is 6.88 Å². The van der Waals surface area contributed by atoms with E-state index in [1.165, 1.54) is 0 Å². The summed E-state index contributed by atoms with van der Waals surface area (Å²) in [6.45, 7) is -1.000. The molecule has 0 aromatic heterocycles. The van der Waals surface area contributed by atoms with Gasteiger partial charge in [0, 0.05) is 2.74 Å². The van der Waals surface area contributed by atoms with Crippen LogP contribution in [0.2, 0.25) is 0 Å². The third-order valence-corrected chi connectivity index (χ3v) is 1.29. The van der Waals surface area contributed by atoms with E-state index in [2.05, 4.69) is 0 Å². The van der Waals surface area contributed by atoms with Crippen molar-refractivity contribution < 1.29 is 15.9 Å². The summed E-state index contributed by atoms with van der Waals surface area (Å²) in [5.41, 5.74) is -2.06. The lowest BCUT2D eigenvalue weighted by molar-refractivity contribution is -0.172. The molecule has 1 aliphatic carbocycles. The van der Waals surface area contributed by atoms with Crippen LogP contribution in [0.4, 0.5) is 13.2 Å². The van der Waals surface area contributed by atoms with Crippen LogP contribution in [0.25, 0.3) is 0 Å². The standard InChI is InChI=1S/C5H6F3/c1-4(2-3-4)5(6,7)8/h1-3H2/i1D2. The van der Waals surface area contributed by atoms with Crippen molar-refractivity contribution >= 4 is 0 Å². The van der Waals surface area contributed by atoms with Gasteiger partial charge in [0.2, 0.25) is 0 Å². The van der Waals surface area contributed by atoms with Crippen LogP contribution in [-0.2, 0) is 0 Å². The van der Waals surface area contributed by atoms with Gasteiger partial charge >= 0.3 is 6.18 Å². The third-order valence-electron chi connectivity index (χ3n) is 1.29. The summed E-state index contributed by atoms with van der Waals surface area (Å²) in [4.78, 5) is 0. The van der Waals surface area contributed by atoms with E-state index in [1.54, 1.807) is 0 Å². The van der Waals surface area contributed by atoms with Gasteiger partial charge in [0.05, 0.1) is 5.41 Å². The van der Waals surface area contributed by atoms with Crippen LogP contribution >= 0.6 is 0 Å². The maximum atomic E-state index is 11.9. The van der Waals surface area contributed by atoms with Gasteiger partial charge in [0.1, 0.15) is 0 Å². The van der Waals surface area contributed by atoms with Crippen molar-refractivity contribution in [2.75, 3.05) is 0 Å². The summed E-state index contributed by atoms with van der Waals surface area (Å²) >= 11 is 0. The van der Waals surface area contributed by atoms with E-state index in [-0.39, 0.29) is 12.8 Å². The molecular weight excluding hydrogens is 117 g/mol. The summed E-state index contributed by atoms with van der Waals surface area (Å²) in [5.74, 6) is 0. The molecule has 0 aromatic carbocycles. The minimum atomic E-state index is -4.38. The quantitative estimate of drug-likeness (QED) is 0.503.